The number of hydrogen-bond acceptors (Lipinski definition) is 4. The van der Waals surface area contributed by atoms with Crippen LogP contribution in [-0.2, 0) is 0 Å². The van der Waals surface area contributed by atoms with Crippen molar-refractivity contribution in [2.24, 2.45) is 0 Å². The summed E-state index contributed by atoms with van der Waals surface area (Å²) in [5, 5.41) is 2.65. The lowest BCUT2D eigenvalue weighted by Gasteiger charge is -2.07. The Balaban J connectivity index is 2.27. The molecule has 5 nitrogen and oxygen atoms in total. The lowest BCUT2D eigenvalue weighted by molar-refractivity contribution is 0.102. The maximum Gasteiger partial charge on any atom is 0.274 e. The van der Waals surface area contributed by atoms with Gasteiger partial charge < -0.3 is 5.32 Å². The SMILES string of the molecule is O=C(Nc1c(Cl)ncnc1Cl)c1cccc(Br)n1. The number of hydrogen-bond donors (Lipinski definition) is 1. The molecule has 0 atom stereocenters. The van der Waals surface area contributed by atoms with Crippen LogP contribution in [0.15, 0.2) is 29.1 Å². The highest BCUT2D eigenvalue weighted by Crippen LogP contribution is 2.26. The van der Waals surface area contributed by atoms with Gasteiger partial charge in [-0.1, -0.05) is 29.3 Å². The summed E-state index contributed by atoms with van der Waals surface area (Å²) in [7, 11) is 0. The van der Waals surface area contributed by atoms with E-state index in [9.17, 15) is 4.79 Å². The summed E-state index contributed by atoms with van der Waals surface area (Å²) in [6.45, 7) is 0. The van der Waals surface area contributed by atoms with E-state index in [4.69, 9.17) is 23.2 Å². The van der Waals surface area contributed by atoms with Crippen molar-refractivity contribution in [3.05, 3.63) is 45.1 Å². The zero-order valence-corrected chi connectivity index (χ0v) is 11.8. The fourth-order valence-corrected chi connectivity index (χ4v) is 1.91. The summed E-state index contributed by atoms with van der Waals surface area (Å²) in [4.78, 5) is 23.4. The molecule has 0 aromatic carbocycles. The largest absolute Gasteiger partial charge is 0.315 e. The Morgan fingerprint density at radius 3 is 2.50 bits per heavy atom. The van der Waals surface area contributed by atoms with Gasteiger partial charge in [0, 0.05) is 0 Å². The van der Waals surface area contributed by atoms with Crippen molar-refractivity contribution in [3.8, 4) is 0 Å². The van der Waals surface area contributed by atoms with Crippen molar-refractivity contribution < 1.29 is 4.79 Å². The van der Waals surface area contributed by atoms with Crippen LogP contribution in [0.3, 0.4) is 0 Å². The van der Waals surface area contributed by atoms with Gasteiger partial charge in [0.25, 0.3) is 5.91 Å². The summed E-state index contributed by atoms with van der Waals surface area (Å²) in [5.74, 6) is -0.449. The molecule has 8 heteroatoms. The molecule has 0 saturated carbocycles. The van der Waals surface area contributed by atoms with Crippen LogP contribution in [0.5, 0.6) is 0 Å². The molecule has 0 aliphatic heterocycles. The number of halogens is 3. The van der Waals surface area contributed by atoms with Gasteiger partial charge in [-0.15, -0.1) is 0 Å². The topological polar surface area (TPSA) is 67.8 Å². The van der Waals surface area contributed by atoms with Gasteiger partial charge >= 0.3 is 0 Å². The van der Waals surface area contributed by atoms with Crippen molar-refractivity contribution in [1.82, 2.24) is 15.0 Å². The average molecular weight is 348 g/mol. The zero-order valence-electron chi connectivity index (χ0n) is 8.69. The second-order valence-electron chi connectivity index (χ2n) is 3.13. The van der Waals surface area contributed by atoms with Crippen LogP contribution in [0.4, 0.5) is 5.69 Å². The Morgan fingerprint density at radius 1 is 1.22 bits per heavy atom. The van der Waals surface area contributed by atoms with E-state index in [1.165, 1.54) is 6.33 Å². The molecule has 2 aromatic rings. The number of aromatic nitrogens is 3. The van der Waals surface area contributed by atoms with E-state index in [0.717, 1.165) is 0 Å². The monoisotopic (exact) mass is 346 g/mol. The predicted molar refractivity (Wildman–Crippen MR) is 71.9 cm³/mol. The number of nitrogens with one attached hydrogen (secondary N) is 1. The van der Waals surface area contributed by atoms with Gasteiger partial charge in [0.1, 0.15) is 22.3 Å². The molecule has 0 unspecified atom stereocenters. The third kappa shape index (κ3) is 2.95. The lowest BCUT2D eigenvalue weighted by Crippen LogP contribution is -2.15. The fourth-order valence-electron chi connectivity index (χ4n) is 1.16. The first-order valence-electron chi connectivity index (χ1n) is 4.68. The lowest BCUT2D eigenvalue weighted by atomic mass is 10.3. The minimum absolute atomic E-state index is 0.0679. The number of pyridine rings is 1. The molecule has 2 rings (SSSR count). The highest BCUT2D eigenvalue weighted by atomic mass is 79.9. The Hall–Kier alpha value is -1.24. The van der Waals surface area contributed by atoms with Crippen LogP contribution in [0, 0.1) is 0 Å². The first-order valence-corrected chi connectivity index (χ1v) is 6.22. The van der Waals surface area contributed by atoms with E-state index in [0.29, 0.717) is 4.60 Å². The average Bonchev–Trinajstić information content (AvgIpc) is 2.34. The van der Waals surface area contributed by atoms with Gasteiger partial charge in [-0.05, 0) is 28.1 Å². The highest BCUT2D eigenvalue weighted by Gasteiger charge is 2.14. The number of rotatable bonds is 2. The molecule has 0 radical (unpaired) electrons. The van der Waals surface area contributed by atoms with Crippen molar-refractivity contribution in [2.45, 2.75) is 0 Å². The summed E-state index contributed by atoms with van der Waals surface area (Å²) >= 11 is 14.8. The van der Waals surface area contributed by atoms with E-state index < -0.39 is 5.91 Å². The van der Waals surface area contributed by atoms with Crippen molar-refractivity contribution in [2.75, 3.05) is 5.32 Å². The Labute approximate surface area is 121 Å². The molecule has 2 heterocycles. The smallest absolute Gasteiger partial charge is 0.274 e. The number of nitrogens with zero attached hydrogens (tertiary/aromatic N) is 3. The van der Waals surface area contributed by atoms with Crippen molar-refractivity contribution >= 4 is 50.7 Å². The molecule has 18 heavy (non-hydrogen) atoms. The van der Waals surface area contributed by atoms with E-state index in [2.05, 4.69) is 36.2 Å². The molecule has 0 fully saturated rings. The molecule has 0 saturated heterocycles. The van der Waals surface area contributed by atoms with Crippen LogP contribution in [0.2, 0.25) is 10.3 Å². The van der Waals surface area contributed by atoms with E-state index in [1.807, 2.05) is 0 Å². The maximum absolute atomic E-state index is 11.9. The Kier molecular flexibility index (Phi) is 4.11. The first-order chi connectivity index (χ1) is 8.58. The molecule has 92 valence electrons. The zero-order chi connectivity index (χ0) is 13.1. The molecule has 0 aliphatic carbocycles. The standard InChI is InChI=1S/C10H5BrCl2N4O/c11-6-3-1-2-5(16-6)10(18)17-7-8(12)14-4-15-9(7)13/h1-4H,(H,17,18). The maximum atomic E-state index is 11.9. The molecule has 1 N–H and O–H groups in total. The molecule has 0 bridgehead atoms. The first kappa shape index (κ1) is 13.2. The minimum Gasteiger partial charge on any atom is -0.315 e. The van der Waals surface area contributed by atoms with Gasteiger partial charge in [-0.3, -0.25) is 4.79 Å². The second kappa shape index (κ2) is 5.60. The van der Waals surface area contributed by atoms with E-state index in [-0.39, 0.29) is 21.7 Å². The third-order valence-corrected chi connectivity index (χ3v) is 2.96. The van der Waals surface area contributed by atoms with Crippen LogP contribution in [0.1, 0.15) is 10.5 Å². The van der Waals surface area contributed by atoms with Crippen LogP contribution in [0.25, 0.3) is 0 Å². The molecule has 2 aromatic heterocycles. The minimum atomic E-state index is -0.449. The molecule has 1 amide bonds. The number of anilines is 1. The number of carbonyl (C=O) groups excluding carboxylic acids is 1. The van der Waals surface area contributed by atoms with Crippen LogP contribution < -0.4 is 5.32 Å². The van der Waals surface area contributed by atoms with Gasteiger partial charge in [0.2, 0.25) is 0 Å². The fraction of sp³-hybridized carbons (Fsp3) is 0. The van der Waals surface area contributed by atoms with Gasteiger partial charge in [0.15, 0.2) is 10.3 Å². The van der Waals surface area contributed by atoms with Crippen LogP contribution in [-0.4, -0.2) is 20.9 Å². The Morgan fingerprint density at radius 2 is 1.89 bits per heavy atom. The predicted octanol–water partition coefficient (Wildman–Crippen LogP) is 3.19. The normalized spacial score (nSPS) is 10.2. The molecule has 0 aliphatic rings. The second-order valence-corrected chi connectivity index (χ2v) is 4.66. The molecular formula is C10H5BrCl2N4O. The third-order valence-electron chi connectivity index (χ3n) is 1.94. The van der Waals surface area contributed by atoms with Gasteiger partial charge in [0.05, 0.1) is 0 Å². The van der Waals surface area contributed by atoms with E-state index in [1.54, 1.807) is 18.2 Å². The number of carbonyl (C=O) groups is 1. The highest BCUT2D eigenvalue weighted by molar-refractivity contribution is 9.10. The number of amides is 1. The Bertz CT molecular complexity index is 588. The molecule has 0 spiro atoms. The van der Waals surface area contributed by atoms with Crippen molar-refractivity contribution in [1.29, 1.82) is 0 Å². The molecular weight excluding hydrogens is 343 g/mol. The summed E-state index contributed by atoms with van der Waals surface area (Å²) in [6, 6.07) is 4.96. The van der Waals surface area contributed by atoms with Gasteiger partial charge in [-0.25, -0.2) is 15.0 Å². The van der Waals surface area contributed by atoms with Crippen LogP contribution >= 0.6 is 39.1 Å². The summed E-state index contributed by atoms with van der Waals surface area (Å²) in [5.41, 5.74) is 0.382. The van der Waals surface area contributed by atoms with Gasteiger partial charge in [-0.2, -0.15) is 0 Å². The quantitative estimate of drug-likeness (QED) is 0.669. The van der Waals surface area contributed by atoms with E-state index >= 15 is 0 Å². The van der Waals surface area contributed by atoms with Crippen molar-refractivity contribution in [3.63, 3.8) is 0 Å². The summed E-state index contributed by atoms with van der Waals surface area (Å²) in [6.07, 6.45) is 1.21. The summed E-state index contributed by atoms with van der Waals surface area (Å²) < 4.78 is 0.552.